The molecule has 0 aliphatic heterocycles. The van der Waals surface area contributed by atoms with Gasteiger partial charge in [-0.3, -0.25) is 4.98 Å². The van der Waals surface area contributed by atoms with Crippen molar-refractivity contribution in [3.8, 4) is 0 Å². The second kappa shape index (κ2) is 7.35. The van der Waals surface area contributed by atoms with Gasteiger partial charge in [-0.25, -0.2) is 4.98 Å². The Balaban J connectivity index is 1.64. The van der Waals surface area contributed by atoms with E-state index in [4.69, 9.17) is 0 Å². The maximum Gasteiger partial charge on any atom is 0.187 e. The quantitative estimate of drug-likeness (QED) is 0.715. The lowest BCUT2D eigenvalue weighted by atomic mass is 10.1. The smallest absolute Gasteiger partial charge is 0.187 e. The molecule has 0 saturated heterocycles. The Hall–Kier alpha value is -2.24. The first-order valence-corrected chi connectivity index (χ1v) is 8.50. The molecular weight excluding hydrogens is 304 g/mol. The summed E-state index contributed by atoms with van der Waals surface area (Å²) in [4.78, 5) is 8.65. The highest BCUT2D eigenvalue weighted by atomic mass is 32.1. The molecule has 3 rings (SSSR count). The molecule has 118 valence electrons. The van der Waals surface area contributed by atoms with E-state index in [1.54, 1.807) is 11.3 Å². The summed E-state index contributed by atoms with van der Waals surface area (Å²) in [6.07, 6.45) is 4.58. The van der Waals surface area contributed by atoms with Gasteiger partial charge in [0.1, 0.15) is 0 Å². The van der Waals surface area contributed by atoms with Crippen LogP contribution in [0.3, 0.4) is 0 Å². The fourth-order valence-electron chi connectivity index (χ4n) is 2.26. The van der Waals surface area contributed by atoms with E-state index in [0.29, 0.717) is 0 Å². The molecule has 2 N–H and O–H groups in total. The molecule has 1 atom stereocenters. The normalized spacial score (nSPS) is 12.1. The monoisotopic (exact) mass is 324 g/mol. The van der Waals surface area contributed by atoms with Crippen molar-refractivity contribution in [1.82, 2.24) is 15.3 Å². The molecule has 2 aromatic heterocycles. The standard InChI is InChI=1S/C18H20N4S/c1-13(19-2)17-12-23-18(22-17)21-16-5-3-14(4-6-16)11-15-7-9-20-10-8-15/h3-10,12-13,19H,11H2,1-2H3,(H,21,22). The molecule has 0 saturated carbocycles. The van der Waals surface area contributed by atoms with Gasteiger partial charge in [-0.2, -0.15) is 0 Å². The molecule has 2 heterocycles. The molecule has 0 aliphatic carbocycles. The second-order valence-electron chi connectivity index (χ2n) is 5.44. The lowest BCUT2D eigenvalue weighted by Crippen LogP contribution is -2.12. The third-order valence-corrected chi connectivity index (χ3v) is 4.54. The molecule has 0 fully saturated rings. The predicted octanol–water partition coefficient (Wildman–Crippen LogP) is 4.15. The number of benzene rings is 1. The van der Waals surface area contributed by atoms with Crippen LogP contribution in [-0.4, -0.2) is 17.0 Å². The van der Waals surface area contributed by atoms with Gasteiger partial charge in [-0.1, -0.05) is 12.1 Å². The van der Waals surface area contributed by atoms with Crippen molar-refractivity contribution in [3.05, 3.63) is 71.0 Å². The van der Waals surface area contributed by atoms with Gasteiger partial charge in [0, 0.05) is 29.5 Å². The molecule has 1 aromatic carbocycles. The van der Waals surface area contributed by atoms with Gasteiger partial charge in [0.15, 0.2) is 5.13 Å². The SMILES string of the molecule is CNC(C)c1csc(Nc2ccc(Cc3ccncc3)cc2)n1. The highest BCUT2D eigenvalue weighted by Gasteiger charge is 2.08. The van der Waals surface area contributed by atoms with E-state index in [2.05, 4.69) is 57.2 Å². The van der Waals surface area contributed by atoms with Crippen molar-refractivity contribution in [2.45, 2.75) is 19.4 Å². The van der Waals surface area contributed by atoms with Gasteiger partial charge < -0.3 is 10.6 Å². The number of pyridine rings is 1. The number of anilines is 2. The maximum atomic E-state index is 4.60. The summed E-state index contributed by atoms with van der Waals surface area (Å²) in [5, 5.41) is 9.57. The third kappa shape index (κ3) is 4.15. The summed E-state index contributed by atoms with van der Waals surface area (Å²) < 4.78 is 0. The van der Waals surface area contributed by atoms with Gasteiger partial charge in [-0.05, 0) is 55.8 Å². The third-order valence-electron chi connectivity index (χ3n) is 3.76. The molecule has 1 unspecified atom stereocenters. The van der Waals surface area contributed by atoms with E-state index in [1.165, 1.54) is 11.1 Å². The maximum absolute atomic E-state index is 4.60. The van der Waals surface area contributed by atoms with Crippen molar-refractivity contribution < 1.29 is 0 Å². The van der Waals surface area contributed by atoms with Crippen LogP contribution in [0.4, 0.5) is 10.8 Å². The summed E-state index contributed by atoms with van der Waals surface area (Å²) in [6, 6.07) is 12.8. The summed E-state index contributed by atoms with van der Waals surface area (Å²) >= 11 is 1.63. The van der Waals surface area contributed by atoms with Crippen LogP contribution in [-0.2, 0) is 6.42 Å². The summed E-state index contributed by atoms with van der Waals surface area (Å²) in [6.45, 7) is 2.10. The van der Waals surface area contributed by atoms with Crippen LogP contribution in [0.5, 0.6) is 0 Å². The molecule has 4 nitrogen and oxygen atoms in total. The molecule has 0 amide bonds. The number of rotatable bonds is 6. The molecule has 0 bridgehead atoms. The Bertz CT molecular complexity index is 737. The molecule has 23 heavy (non-hydrogen) atoms. The van der Waals surface area contributed by atoms with E-state index in [-0.39, 0.29) is 6.04 Å². The zero-order chi connectivity index (χ0) is 16.1. The molecule has 0 spiro atoms. The molecule has 0 radical (unpaired) electrons. The van der Waals surface area contributed by atoms with E-state index >= 15 is 0 Å². The highest BCUT2D eigenvalue weighted by Crippen LogP contribution is 2.24. The van der Waals surface area contributed by atoms with E-state index < -0.39 is 0 Å². The van der Waals surface area contributed by atoms with Crippen molar-refractivity contribution in [3.63, 3.8) is 0 Å². The van der Waals surface area contributed by atoms with Crippen LogP contribution in [0, 0.1) is 0 Å². The van der Waals surface area contributed by atoms with Crippen LogP contribution < -0.4 is 10.6 Å². The first kappa shape index (κ1) is 15.6. The van der Waals surface area contributed by atoms with Crippen molar-refractivity contribution >= 4 is 22.2 Å². The average Bonchev–Trinajstić information content (AvgIpc) is 3.05. The van der Waals surface area contributed by atoms with Crippen molar-refractivity contribution in [2.24, 2.45) is 0 Å². The van der Waals surface area contributed by atoms with E-state index in [9.17, 15) is 0 Å². The molecule has 3 aromatic rings. The number of nitrogens with one attached hydrogen (secondary N) is 2. The lowest BCUT2D eigenvalue weighted by Gasteiger charge is -2.06. The Kier molecular flexibility index (Phi) is 5.00. The summed E-state index contributed by atoms with van der Waals surface area (Å²) in [5.74, 6) is 0. The Morgan fingerprint density at radius 2 is 1.74 bits per heavy atom. The van der Waals surface area contributed by atoms with Gasteiger partial charge >= 0.3 is 0 Å². The Morgan fingerprint density at radius 3 is 2.43 bits per heavy atom. The van der Waals surface area contributed by atoms with E-state index in [1.807, 2.05) is 31.6 Å². The van der Waals surface area contributed by atoms with Crippen LogP contribution in [0.1, 0.15) is 29.8 Å². The van der Waals surface area contributed by atoms with Gasteiger partial charge in [0.2, 0.25) is 0 Å². The van der Waals surface area contributed by atoms with Crippen molar-refractivity contribution in [2.75, 3.05) is 12.4 Å². The topological polar surface area (TPSA) is 49.8 Å². The largest absolute Gasteiger partial charge is 0.332 e. The first-order chi connectivity index (χ1) is 11.2. The van der Waals surface area contributed by atoms with Gasteiger partial charge in [0.25, 0.3) is 0 Å². The molecule has 0 aliphatic rings. The highest BCUT2D eigenvalue weighted by molar-refractivity contribution is 7.13. The number of aromatic nitrogens is 2. The Labute approximate surface area is 140 Å². The summed E-state index contributed by atoms with van der Waals surface area (Å²) in [5.41, 5.74) is 4.67. The number of thiazole rings is 1. The van der Waals surface area contributed by atoms with Crippen LogP contribution in [0.15, 0.2) is 54.2 Å². The van der Waals surface area contributed by atoms with Crippen LogP contribution in [0.25, 0.3) is 0 Å². The zero-order valence-corrected chi connectivity index (χ0v) is 14.1. The van der Waals surface area contributed by atoms with Gasteiger partial charge in [0.05, 0.1) is 5.69 Å². The predicted molar refractivity (Wildman–Crippen MR) is 96.4 cm³/mol. The second-order valence-corrected chi connectivity index (χ2v) is 6.30. The zero-order valence-electron chi connectivity index (χ0n) is 13.3. The van der Waals surface area contributed by atoms with Crippen LogP contribution in [0.2, 0.25) is 0 Å². The molecular formula is C18H20N4S. The first-order valence-electron chi connectivity index (χ1n) is 7.62. The number of hydrogen-bond donors (Lipinski definition) is 2. The number of nitrogens with zero attached hydrogens (tertiary/aromatic N) is 2. The lowest BCUT2D eigenvalue weighted by molar-refractivity contribution is 0.637. The minimum atomic E-state index is 0.268. The fraction of sp³-hybridized carbons (Fsp3) is 0.222. The minimum absolute atomic E-state index is 0.268. The van der Waals surface area contributed by atoms with Crippen molar-refractivity contribution in [1.29, 1.82) is 0 Å². The fourth-order valence-corrected chi connectivity index (χ4v) is 3.08. The van der Waals surface area contributed by atoms with Gasteiger partial charge in [-0.15, -0.1) is 11.3 Å². The minimum Gasteiger partial charge on any atom is -0.332 e. The molecule has 5 heteroatoms. The summed E-state index contributed by atoms with van der Waals surface area (Å²) in [7, 11) is 1.94. The number of hydrogen-bond acceptors (Lipinski definition) is 5. The average molecular weight is 324 g/mol. The Morgan fingerprint density at radius 1 is 1.04 bits per heavy atom. The van der Waals surface area contributed by atoms with E-state index in [0.717, 1.165) is 22.9 Å². The van der Waals surface area contributed by atoms with Crippen LogP contribution >= 0.6 is 11.3 Å².